The minimum Gasteiger partial charge on any atom is -0.496 e. The predicted octanol–water partition coefficient (Wildman–Crippen LogP) is 6.23. The number of halogens is 1. The molecule has 0 radical (unpaired) electrons. The quantitative estimate of drug-likeness (QED) is 0.479. The normalized spacial score (nSPS) is 12.8. The van der Waals surface area contributed by atoms with Gasteiger partial charge in [0, 0.05) is 17.3 Å². The van der Waals surface area contributed by atoms with Crippen molar-refractivity contribution in [3.05, 3.63) is 42.0 Å². The van der Waals surface area contributed by atoms with Crippen LogP contribution in [0.4, 0.5) is 0 Å². The number of hydrogen-bond acceptors (Lipinski definition) is 3. The van der Waals surface area contributed by atoms with Crippen molar-refractivity contribution in [2.24, 2.45) is 5.41 Å². The molecule has 1 unspecified atom stereocenters. The molecule has 0 spiro atoms. The molecule has 1 N–H and O–H groups in total. The fourth-order valence-corrected chi connectivity index (χ4v) is 3.83. The zero-order valence-electron chi connectivity index (χ0n) is 18.2. The van der Waals surface area contributed by atoms with Crippen molar-refractivity contribution in [3.8, 4) is 5.75 Å². The molecular formula is C24H38ClNO2. The van der Waals surface area contributed by atoms with E-state index in [-0.39, 0.29) is 17.8 Å². The molecule has 0 heterocycles. The molecule has 2 rings (SSSR count). The molecule has 0 bridgehead atoms. The van der Waals surface area contributed by atoms with E-state index in [0.29, 0.717) is 0 Å². The van der Waals surface area contributed by atoms with Crippen molar-refractivity contribution in [1.29, 1.82) is 0 Å². The topological polar surface area (TPSA) is 32.7 Å². The molecule has 3 nitrogen and oxygen atoms in total. The van der Waals surface area contributed by atoms with Gasteiger partial charge in [0.2, 0.25) is 0 Å². The molecule has 0 saturated carbocycles. The summed E-state index contributed by atoms with van der Waals surface area (Å²) in [5.74, 6) is 0.854. The van der Waals surface area contributed by atoms with E-state index in [2.05, 4.69) is 44.7 Å². The lowest BCUT2D eigenvalue weighted by Crippen LogP contribution is -2.39. The molecule has 0 amide bonds. The van der Waals surface area contributed by atoms with Crippen LogP contribution in [0, 0.1) is 5.41 Å². The third kappa shape index (κ3) is 6.10. The van der Waals surface area contributed by atoms with Gasteiger partial charge in [0.15, 0.2) is 0 Å². The summed E-state index contributed by atoms with van der Waals surface area (Å²) in [5.41, 5.74) is 0.751. The van der Waals surface area contributed by atoms with Crippen LogP contribution in [0.15, 0.2) is 36.4 Å². The highest BCUT2D eigenvalue weighted by Crippen LogP contribution is 2.39. The van der Waals surface area contributed by atoms with E-state index >= 15 is 0 Å². The van der Waals surface area contributed by atoms with Crippen molar-refractivity contribution < 1.29 is 9.84 Å². The summed E-state index contributed by atoms with van der Waals surface area (Å²) in [4.78, 5) is 2.53. The van der Waals surface area contributed by atoms with Gasteiger partial charge in [0.1, 0.15) is 5.75 Å². The molecular weight excluding hydrogens is 370 g/mol. The number of methoxy groups -OCH3 is 1. The lowest BCUT2D eigenvalue weighted by Gasteiger charge is -2.37. The van der Waals surface area contributed by atoms with Crippen LogP contribution in [0.1, 0.15) is 65.0 Å². The van der Waals surface area contributed by atoms with Crippen molar-refractivity contribution in [2.45, 2.75) is 59.5 Å². The van der Waals surface area contributed by atoms with Crippen LogP contribution in [-0.4, -0.2) is 36.8 Å². The zero-order chi connectivity index (χ0) is 19.9. The molecule has 0 saturated heterocycles. The molecule has 0 aliphatic carbocycles. The Balaban J connectivity index is 0.00000392. The van der Waals surface area contributed by atoms with Crippen molar-refractivity contribution in [1.82, 2.24) is 4.90 Å². The number of unbranched alkanes of at least 4 members (excludes halogenated alkanes) is 2. The highest BCUT2D eigenvalue weighted by Gasteiger charge is 2.32. The van der Waals surface area contributed by atoms with Gasteiger partial charge in [-0.2, -0.15) is 0 Å². The summed E-state index contributed by atoms with van der Waals surface area (Å²) < 4.78 is 5.51. The molecule has 28 heavy (non-hydrogen) atoms. The summed E-state index contributed by atoms with van der Waals surface area (Å²) in [6, 6.07) is 12.2. The Morgan fingerprint density at radius 1 is 0.964 bits per heavy atom. The largest absolute Gasteiger partial charge is 0.496 e. The second-order valence-corrected chi connectivity index (χ2v) is 8.28. The smallest absolute Gasteiger partial charge is 0.126 e. The average molecular weight is 408 g/mol. The van der Waals surface area contributed by atoms with Crippen LogP contribution in [0.2, 0.25) is 0 Å². The summed E-state index contributed by atoms with van der Waals surface area (Å²) in [6.45, 7) is 12.0. The van der Waals surface area contributed by atoms with Gasteiger partial charge >= 0.3 is 0 Å². The van der Waals surface area contributed by atoms with E-state index in [9.17, 15) is 5.11 Å². The van der Waals surface area contributed by atoms with Crippen LogP contribution < -0.4 is 4.74 Å². The van der Waals surface area contributed by atoms with Crippen LogP contribution in [0.25, 0.3) is 10.8 Å². The maximum absolute atomic E-state index is 11.3. The van der Waals surface area contributed by atoms with Crippen LogP contribution in [-0.2, 0) is 0 Å². The molecule has 2 aromatic rings. The summed E-state index contributed by atoms with van der Waals surface area (Å²) in [5, 5.41) is 13.5. The number of nitrogens with zero attached hydrogens (tertiary/aromatic N) is 1. The fourth-order valence-electron chi connectivity index (χ4n) is 3.83. The molecule has 0 aliphatic rings. The highest BCUT2D eigenvalue weighted by atomic mass is 35.5. The van der Waals surface area contributed by atoms with Crippen molar-refractivity contribution >= 4 is 23.2 Å². The van der Waals surface area contributed by atoms with Crippen molar-refractivity contribution in [2.75, 3.05) is 26.7 Å². The van der Waals surface area contributed by atoms with E-state index in [1.807, 2.05) is 24.3 Å². The van der Waals surface area contributed by atoms with Crippen LogP contribution in [0.5, 0.6) is 5.75 Å². The summed E-state index contributed by atoms with van der Waals surface area (Å²) in [7, 11) is 1.70. The Kier molecular flexibility index (Phi) is 10.3. The minimum absolute atomic E-state index is 0. The second-order valence-electron chi connectivity index (χ2n) is 8.28. The van der Waals surface area contributed by atoms with Crippen LogP contribution >= 0.6 is 12.4 Å². The van der Waals surface area contributed by atoms with E-state index in [1.54, 1.807) is 7.11 Å². The third-order valence-electron chi connectivity index (χ3n) is 5.46. The van der Waals surface area contributed by atoms with Gasteiger partial charge in [-0.05, 0) is 42.9 Å². The van der Waals surface area contributed by atoms with Gasteiger partial charge in [-0.1, -0.05) is 70.9 Å². The van der Waals surface area contributed by atoms with Gasteiger partial charge < -0.3 is 14.7 Å². The number of aliphatic hydroxyl groups is 1. The van der Waals surface area contributed by atoms with Gasteiger partial charge in [-0.3, -0.25) is 0 Å². The highest BCUT2D eigenvalue weighted by molar-refractivity contribution is 5.91. The molecule has 0 fully saturated rings. The Labute approximate surface area is 177 Å². The van der Waals surface area contributed by atoms with Gasteiger partial charge in [-0.15, -0.1) is 12.4 Å². The Hall–Kier alpha value is -1.29. The number of hydrogen-bond donors (Lipinski definition) is 1. The van der Waals surface area contributed by atoms with E-state index in [1.165, 1.54) is 25.7 Å². The lowest BCUT2D eigenvalue weighted by molar-refractivity contribution is 0.0204. The first-order valence-corrected chi connectivity index (χ1v) is 10.4. The monoisotopic (exact) mass is 407 g/mol. The molecule has 2 aromatic carbocycles. The first-order chi connectivity index (χ1) is 12.9. The summed E-state index contributed by atoms with van der Waals surface area (Å²) in [6.07, 6.45) is 4.30. The van der Waals surface area contributed by atoms with E-state index < -0.39 is 6.10 Å². The maximum Gasteiger partial charge on any atom is 0.126 e. The zero-order valence-corrected chi connectivity index (χ0v) is 19.0. The Morgan fingerprint density at radius 2 is 1.54 bits per heavy atom. The summed E-state index contributed by atoms with van der Waals surface area (Å²) >= 11 is 0. The SMILES string of the molecule is CCCCN(CCCC)CC(C)(C)C(O)c1ccc(OC)c2ccccc12.Cl. The molecule has 1 atom stereocenters. The van der Waals surface area contributed by atoms with E-state index in [0.717, 1.165) is 41.7 Å². The molecule has 4 heteroatoms. The van der Waals surface area contributed by atoms with Crippen LogP contribution in [0.3, 0.4) is 0 Å². The number of ether oxygens (including phenoxy) is 1. The fraction of sp³-hybridized carbons (Fsp3) is 0.583. The number of fused-ring (bicyclic) bond motifs is 1. The first-order valence-electron chi connectivity index (χ1n) is 10.4. The van der Waals surface area contributed by atoms with E-state index in [4.69, 9.17) is 4.74 Å². The predicted molar refractivity (Wildman–Crippen MR) is 123 cm³/mol. The number of aliphatic hydroxyl groups excluding tert-OH is 1. The second kappa shape index (κ2) is 11.6. The molecule has 158 valence electrons. The van der Waals surface area contributed by atoms with Crippen molar-refractivity contribution in [3.63, 3.8) is 0 Å². The molecule has 0 aliphatic heterocycles. The third-order valence-corrected chi connectivity index (χ3v) is 5.46. The number of benzene rings is 2. The number of rotatable bonds is 11. The maximum atomic E-state index is 11.3. The first kappa shape index (κ1) is 24.7. The van der Waals surface area contributed by atoms with Gasteiger partial charge in [-0.25, -0.2) is 0 Å². The van der Waals surface area contributed by atoms with Gasteiger partial charge in [0.05, 0.1) is 13.2 Å². The Bertz CT molecular complexity index is 709. The van der Waals surface area contributed by atoms with Gasteiger partial charge in [0.25, 0.3) is 0 Å². The molecule has 0 aromatic heterocycles. The minimum atomic E-state index is -0.529. The Morgan fingerprint density at radius 3 is 2.07 bits per heavy atom. The lowest BCUT2D eigenvalue weighted by atomic mass is 9.80. The average Bonchev–Trinajstić information content (AvgIpc) is 2.68. The standard InChI is InChI=1S/C24H37NO2.ClH/c1-6-8-16-25(17-9-7-2)18-24(3,4)23(26)21-14-15-22(27-5)20-13-11-10-12-19(20)21;/h10-15,23,26H,6-9,16-18H2,1-5H3;1H.